The van der Waals surface area contributed by atoms with E-state index in [-0.39, 0.29) is 11.3 Å². The summed E-state index contributed by atoms with van der Waals surface area (Å²) in [5.74, 6) is -3.50. The van der Waals surface area contributed by atoms with Gasteiger partial charge < -0.3 is 5.32 Å². The normalized spacial score (nSPS) is 10.3. The molecule has 6 heteroatoms. The van der Waals surface area contributed by atoms with Crippen LogP contribution in [0.25, 0.3) is 0 Å². The van der Waals surface area contributed by atoms with Gasteiger partial charge in [0.1, 0.15) is 5.82 Å². The highest BCUT2D eigenvalue weighted by atomic mass is 127. The molecule has 2 aromatic rings. The van der Waals surface area contributed by atoms with Crippen LogP contribution in [0.1, 0.15) is 10.4 Å². The summed E-state index contributed by atoms with van der Waals surface area (Å²) in [6.07, 6.45) is 0. The van der Waals surface area contributed by atoms with Gasteiger partial charge in [-0.15, -0.1) is 0 Å². The van der Waals surface area contributed by atoms with Crippen LogP contribution in [0.3, 0.4) is 0 Å². The lowest BCUT2D eigenvalue weighted by atomic mass is 10.2. The zero-order valence-corrected chi connectivity index (χ0v) is 11.5. The van der Waals surface area contributed by atoms with Gasteiger partial charge in [0, 0.05) is 15.3 Å². The second kappa shape index (κ2) is 5.60. The summed E-state index contributed by atoms with van der Waals surface area (Å²) in [5.41, 5.74) is -0.0983. The summed E-state index contributed by atoms with van der Waals surface area (Å²) in [4.78, 5) is 11.8. The Bertz CT molecular complexity index is 646. The number of benzene rings is 2. The van der Waals surface area contributed by atoms with Crippen LogP contribution < -0.4 is 5.32 Å². The van der Waals surface area contributed by atoms with E-state index in [4.69, 9.17) is 0 Å². The highest BCUT2D eigenvalue weighted by Gasteiger charge is 2.13. The van der Waals surface area contributed by atoms with Crippen molar-refractivity contribution in [1.82, 2.24) is 0 Å². The van der Waals surface area contributed by atoms with E-state index in [0.717, 1.165) is 12.1 Å². The molecule has 0 unspecified atom stereocenters. The van der Waals surface area contributed by atoms with Crippen LogP contribution >= 0.6 is 22.6 Å². The minimum atomic E-state index is -1.08. The number of anilines is 1. The third kappa shape index (κ3) is 3.25. The molecule has 0 aliphatic heterocycles. The van der Waals surface area contributed by atoms with Gasteiger partial charge in [0.25, 0.3) is 5.91 Å². The smallest absolute Gasteiger partial charge is 0.258 e. The maximum absolute atomic E-state index is 13.5. The van der Waals surface area contributed by atoms with Gasteiger partial charge in [-0.3, -0.25) is 4.79 Å². The molecule has 2 rings (SSSR count). The maximum atomic E-state index is 13.5. The Morgan fingerprint density at radius 1 is 0.947 bits per heavy atom. The zero-order chi connectivity index (χ0) is 14.0. The zero-order valence-electron chi connectivity index (χ0n) is 9.38. The standard InChI is InChI=1S/C13H7F3INO/c14-10-3-1-7(17)5-9(10)13(19)18-8-2-4-11(15)12(16)6-8/h1-6H,(H,18,19). The van der Waals surface area contributed by atoms with Crippen molar-refractivity contribution < 1.29 is 18.0 Å². The fourth-order valence-electron chi connectivity index (χ4n) is 1.44. The van der Waals surface area contributed by atoms with Crippen molar-refractivity contribution in [1.29, 1.82) is 0 Å². The molecule has 2 aromatic carbocycles. The first kappa shape index (κ1) is 13.9. The summed E-state index contributed by atoms with van der Waals surface area (Å²) >= 11 is 1.94. The van der Waals surface area contributed by atoms with Crippen LogP contribution in [-0.4, -0.2) is 5.91 Å². The molecule has 0 fully saturated rings. The van der Waals surface area contributed by atoms with E-state index in [1.165, 1.54) is 24.3 Å². The van der Waals surface area contributed by atoms with Crippen molar-refractivity contribution in [2.45, 2.75) is 0 Å². The molecule has 0 aliphatic carbocycles. The van der Waals surface area contributed by atoms with Gasteiger partial charge in [-0.25, -0.2) is 13.2 Å². The largest absolute Gasteiger partial charge is 0.322 e. The molecule has 0 spiro atoms. The van der Waals surface area contributed by atoms with E-state index in [1.54, 1.807) is 0 Å². The minimum absolute atomic E-state index is 0.0576. The summed E-state index contributed by atoms with van der Waals surface area (Å²) in [6.45, 7) is 0. The second-order valence-corrected chi connectivity index (χ2v) is 4.95. The molecule has 1 N–H and O–H groups in total. The molecule has 0 atom stereocenters. The lowest BCUT2D eigenvalue weighted by molar-refractivity contribution is 0.102. The number of nitrogens with one attached hydrogen (secondary N) is 1. The van der Waals surface area contributed by atoms with Crippen molar-refractivity contribution in [2.75, 3.05) is 5.32 Å². The Morgan fingerprint density at radius 3 is 2.32 bits per heavy atom. The second-order valence-electron chi connectivity index (χ2n) is 3.71. The molecule has 0 heterocycles. The average Bonchev–Trinajstić information content (AvgIpc) is 2.36. The molecular formula is C13H7F3INO. The van der Waals surface area contributed by atoms with E-state index in [2.05, 4.69) is 5.32 Å². The first-order valence-corrected chi connectivity index (χ1v) is 6.26. The van der Waals surface area contributed by atoms with Gasteiger partial charge in [-0.1, -0.05) is 0 Å². The molecule has 0 saturated heterocycles. The third-order valence-electron chi connectivity index (χ3n) is 2.35. The highest BCUT2D eigenvalue weighted by Crippen LogP contribution is 2.17. The van der Waals surface area contributed by atoms with E-state index >= 15 is 0 Å². The van der Waals surface area contributed by atoms with Crippen molar-refractivity contribution in [3.8, 4) is 0 Å². The number of halogens is 4. The molecule has 98 valence electrons. The summed E-state index contributed by atoms with van der Waals surface area (Å²) < 4.78 is 39.9. The minimum Gasteiger partial charge on any atom is -0.322 e. The molecule has 0 aromatic heterocycles. The van der Waals surface area contributed by atoms with E-state index in [1.807, 2.05) is 22.6 Å². The van der Waals surface area contributed by atoms with Crippen LogP contribution in [0.4, 0.5) is 18.9 Å². The number of carbonyl (C=O) groups is 1. The topological polar surface area (TPSA) is 29.1 Å². The summed E-state index contributed by atoms with van der Waals surface area (Å²) in [5, 5.41) is 2.31. The number of hydrogen-bond donors (Lipinski definition) is 1. The van der Waals surface area contributed by atoms with Crippen LogP contribution in [0.15, 0.2) is 36.4 Å². The Morgan fingerprint density at radius 2 is 1.63 bits per heavy atom. The van der Waals surface area contributed by atoms with Crippen molar-refractivity contribution in [3.63, 3.8) is 0 Å². The summed E-state index contributed by atoms with van der Waals surface area (Å²) in [6, 6.07) is 6.97. The predicted molar refractivity (Wildman–Crippen MR) is 73.4 cm³/mol. The molecular weight excluding hydrogens is 370 g/mol. The fraction of sp³-hybridized carbons (Fsp3) is 0. The fourth-order valence-corrected chi connectivity index (χ4v) is 1.94. The SMILES string of the molecule is O=C(Nc1ccc(F)c(F)c1)c1cc(I)ccc1F. The van der Waals surface area contributed by atoms with Crippen molar-refractivity contribution >= 4 is 34.2 Å². The van der Waals surface area contributed by atoms with Gasteiger partial charge in [0.05, 0.1) is 5.56 Å². The molecule has 19 heavy (non-hydrogen) atoms. The van der Waals surface area contributed by atoms with Gasteiger partial charge >= 0.3 is 0 Å². The maximum Gasteiger partial charge on any atom is 0.258 e. The monoisotopic (exact) mass is 377 g/mol. The number of carbonyl (C=O) groups excluding carboxylic acids is 1. The third-order valence-corrected chi connectivity index (χ3v) is 3.02. The summed E-state index contributed by atoms with van der Waals surface area (Å²) in [7, 11) is 0. The van der Waals surface area contributed by atoms with Gasteiger partial charge in [0.15, 0.2) is 11.6 Å². The van der Waals surface area contributed by atoms with Crippen LogP contribution in [-0.2, 0) is 0 Å². The Kier molecular flexibility index (Phi) is 4.08. The van der Waals surface area contributed by atoms with Crippen molar-refractivity contribution in [2.24, 2.45) is 0 Å². The molecule has 0 aliphatic rings. The highest BCUT2D eigenvalue weighted by molar-refractivity contribution is 14.1. The van der Waals surface area contributed by atoms with Crippen LogP contribution in [0.2, 0.25) is 0 Å². The quantitative estimate of drug-likeness (QED) is 0.789. The molecule has 0 saturated carbocycles. The van der Waals surface area contributed by atoms with Gasteiger partial charge in [-0.2, -0.15) is 0 Å². The average molecular weight is 377 g/mol. The number of rotatable bonds is 2. The molecule has 2 nitrogen and oxygen atoms in total. The lowest BCUT2D eigenvalue weighted by Gasteiger charge is -2.07. The Balaban J connectivity index is 2.25. The van der Waals surface area contributed by atoms with Crippen LogP contribution in [0.5, 0.6) is 0 Å². The molecule has 0 bridgehead atoms. The van der Waals surface area contributed by atoms with Gasteiger partial charge in [-0.05, 0) is 52.9 Å². The molecule has 0 radical (unpaired) electrons. The number of amides is 1. The Hall–Kier alpha value is -1.57. The van der Waals surface area contributed by atoms with E-state index < -0.39 is 23.4 Å². The van der Waals surface area contributed by atoms with E-state index in [0.29, 0.717) is 3.57 Å². The first-order chi connectivity index (χ1) is 8.97. The Labute approximate surface area is 120 Å². The first-order valence-electron chi connectivity index (χ1n) is 5.19. The van der Waals surface area contributed by atoms with Gasteiger partial charge in [0.2, 0.25) is 0 Å². The number of hydrogen-bond acceptors (Lipinski definition) is 1. The van der Waals surface area contributed by atoms with Crippen molar-refractivity contribution in [3.05, 3.63) is 63.0 Å². The van der Waals surface area contributed by atoms with E-state index in [9.17, 15) is 18.0 Å². The lowest BCUT2D eigenvalue weighted by Crippen LogP contribution is -2.14. The predicted octanol–water partition coefficient (Wildman–Crippen LogP) is 3.96. The van der Waals surface area contributed by atoms with Crippen LogP contribution in [0, 0.1) is 21.0 Å². The molecule has 1 amide bonds.